The SMILES string of the molecule is CC(C)(C)c1nnc(Nc2ccccc2)o1. The van der Waals surface area contributed by atoms with Crippen LogP contribution in [0.15, 0.2) is 34.7 Å². The van der Waals surface area contributed by atoms with E-state index in [2.05, 4.69) is 15.5 Å². The quantitative estimate of drug-likeness (QED) is 0.839. The van der Waals surface area contributed by atoms with Crippen molar-refractivity contribution in [3.05, 3.63) is 36.2 Å². The van der Waals surface area contributed by atoms with Crippen LogP contribution >= 0.6 is 0 Å². The second-order valence-corrected chi connectivity index (χ2v) is 4.65. The molecule has 84 valence electrons. The van der Waals surface area contributed by atoms with E-state index in [-0.39, 0.29) is 5.41 Å². The number of aromatic nitrogens is 2. The van der Waals surface area contributed by atoms with Gasteiger partial charge in [0, 0.05) is 11.1 Å². The predicted octanol–water partition coefficient (Wildman–Crippen LogP) is 3.11. The fourth-order valence-electron chi connectivity index (χ4n) is 1.22. The van der Waals surface area contributed by atoms with E-state index in [1.807, 2.05) is 51.1 Å². The average molecular weight is 217 g/mol. The van der Waals surface area contributed by atoms with Crippen molar-refractivity contribution in [3.8, 4) is 0 Å². The van der Waals surface area contributed by atoms with Gasteiger partial charge >= 0.3 is 6.01 Å². The van der Waals surface area contributed by atoms with E-state index in [9.17, 15) is 0 Å². The molecule has 0 saturated heterocycles. The van der Waals surface area contributed by atoms with Crippen molar-refractivity contribution >= 4 is 11.7 Å². The average Bonchev–Trinajstić information content (AvgIpc) is 2.67. The first kappa shape index (κ1) is 10.7. The number of benzene rings is 1. The zero-order valence-corrected chi connectivity index (χ0v) is 9.69. The summed E-state index contributed by atoms with van der Waals surface area (Å²) in [6.45, 7) is 6.10. The Morgan fingerprint density at radius 3 is 2.31 bits per heavy atom. The lowest BCUT2D eigenvalue weighted by Crippen LogP contribution is -2.11. The van der Waals surface area contributed by atoms with E-state index in [0.29, 0.717) is 11.9 Å². The number of hydrogen-bond acceptors (Lipinski definition) is 4. The molecule has 0 fully saturated rings. The molecule has 1 N–H and O–H groups in total. The van der Waals surface area contributed by atoms with E-state index >= 15 is 0 Å². The highest BCUT2D eigenvalue weighted by atomic mass is 16.4. The molecule has 16 heavy (non-hydrogen) atoms. The van der Waals surface area contributed by atoms with Gasteiger partial charge in [-0.1, -0.05) is 44.1 Å². The molecule has 2 rings (SSSR count). The van der Waals surface area contributed by atoms with E-state index in [1.165, 1.54) is 0 Å². The minimum atomic E-state index is -0.121. The zero-order valence-electron chi connectivity index (χ0n) is 9.69. The third-order valence-corrected chi connectivity index (χ3v) is 2.09. The van der Waals surface area contributed by atoms with Gasteiger partial charge < -0.3 is 9.73 Å². The molecule has 2 aromatic rings. The van der Waals surface area contributed by atoms with Crippen LogP contribution in [-0.2, 0) is 5.41 Å². The summed E-state index contributed by atoms with van der Waals surface area (Å²) >= 11 is 0. The summed E-state index contributed by atoms with van der Waals surface area (Å²) in [6.07, 6.45) is 0. The van der Waals surface area contributed by atoms with Crippen molar-refractivity contribution in [2.75, 3.05) is 5.32 Å². The molecule has 4 heteroatoms. The van der Waals surface area contributed by atoms with Gasteiger partial charge in [0.05, 0.1) is 0 Å². The molecule has 0 radical (unpaired) electrons. The Balaban J connectivity index is 2.15. The molecule has 1 heterocycles. The highest BCUT2D eigenvalue weighted by Gasteiger charge is 2.21. The molecule has 0 aliphatic carbocycles. The fraction of sp³-hybridized carbons (Fsp3) is 0.333. The Morgan fingerprint density at radius 1 is 1.06 bits per heavy atom. The van der Waals surface area contributed by atoms with Crippen molar-refractivity contribution in [2.24, 2.45) is 0 Å². The van der Waals surface area contributed by atoms with Crippen molar-refractivity contribution < 1.29 is 4.42 Å². The minimum Gasteiger partial charge on any atom is -0.407 e. The smallest absolute Gasteiger partial charge is 0.320 e. The number of para-hydroxylation sites is 1. The third kappa shape index (κ3) is 2.39. The first-order valence-corrected chi connectivity index (χ1v) is 5.22. The Morgan fingerprint density at radius 2 is 1.75 bits per heavy atom. The molecular formula is C12H15N3O. The summed E-state index contributed by atoms with van der Waals surface area (Å²) in [5, 5.41) is 11.0. The van der Waals surface area contributed by atoms with Crippen LogP contribution in [0.2, 0.25) is 0 Å². The summed E-state index contributed by atoms with van der Waals surface area (Å²) in [7, 11) is 0. The zero-order chi connectivity index (χ0) is 11.6. The van der Waals surface area contributed by atoms with Gasteiger partial charge in [-0.3, -0.25) is 0 Å². The van der Waals surface area contributed by atoms with Crippen molar-refractivity contribution in [3.63, 3.8) is 0 Å². The topological polar surface area (TPSA) is 51.0 Å². The van der Waals surface area contributed by atoms with E-state index in [4.69, 9.17) is 4.42 Å². The Labute approximate surface area is 94.7 Å². The van der Waals surface area contributed by atoms with Crippen LogP contribution in [-0.4, -0.2) is 10.2 Å². The van der Waals surface area contributed by atoms with Crippen LogP contribution in [0.25, 0.3) is 0 Å². The highest BCUT2D eigenvalue weighted by Crippen LogP contribution is 2.23. The molecular weight excluding hydrogens is 202 g/mol. The molecule has 0 aliphatic rings. The maximum atomic E-state index is 5.52. The predicted molar refractivity (Wildman–Crippen MR) is 62.7 cm³/mol. The van der Waals surface area contributed by atoms with Crippen molar-refractivity contribution in [2.45, 2.75) is 26.2 Å². The number of anilines is 2. The third-order valence-electron chi connectivity index (χ3n) is 2.09. The summed E-state index contributed by atoms with van der Waals surface area (Å²) in [5.74, 6) is 0.630. The van der Waals surface area contributed by atoms with E-state index in [1.54, 1.807) is 0 Å². The normalized spacial score (nSPS) is 11.4. The molecule has 0 amide bonds. The molecule has 0 bridgehead atoms. The van der Waals surface area contributed by atoms with Crippen LogP contribution in [0, 0.1) is 0 Å². The number of nitrogens with zero attached hydrogens (tertiary/aromatic N) is 2. The van der Waals surface area contributed by atoms with Crippen LogP contribution < -0.4 is 5.32 Å². The lowest BCUT2D eigenvalue weighted by Gasteiger charge is -2.10. The van der Waals surface area contributed by atoms with Gasteiger partial charge in [-0.2, -0.15) is 0 Å². The van der Waals surface area contributed by atoms with Crippen LogP contribution in [0.4, 0.5) is 11.7 Å². The van der Waals surface area contributed by atoms with Crippen LogP contribution in [0.3, 0.4) is 0 Å². The van der Waals surface area contributed by atoms with Gasteiger partial charge in [0.15, 0.2) is 0 Å². The summed E-state index contributed by atoms with van der Waals surface area (Å²) in [4.78, 5) is 0. The van der Waals surface area contributed by atoms with Gasteiger partial charge in [-0.15, -0.1) is 5.10 Å². The largest absolute Gasteiger partial charge is 0.407 e. The summed E-state index contributed by atoms with van der Waals surface area (Å²) in [6, 6.07) is 10.2. The molecule has 4 nitrogen and oxygen atoms in total. The summed E-state index contributed by atoms with van der Waals surface area (Å²) < 4.78 is 5.52. The highest BCUT2D eigenvalue weighted by molar-refractivity contribution is 5.50. The van der Waals surface area contributed by atoms with Crippen LogP contribution in [0.5, 0.6) is 0 Å². The lowest BCUT2D eigenvalue weighted by molar-refractivity contribution is 0.400. The lowest BCUT2D eigenvalue weighted by atomic mass is 9.97. The maximum Gasteiger partial charge on any atom is 0.320 e. The first-order valence-electron chi connectivity index (χ1n) is 5.22. The van der Waals surface area contributed by atoms with Gasteiger partial charge in [0.1, 0.15) is 0 Å². The fourth-order valence-corrected chi connectivity index (χ4v) is 1.22. The molecule has 0 spiro atoms. The van der Waals surface area contributed by atoms with Gasteiger partial charge in [0.2, 0.25) is 5.89 Å². The van der Waals surface area contributed by atoms with Gasteiger partial charge in [-0.25, -0.2) is 0 Å². The van der Waals surface area contributed by atoms with Crippen LogP contribution in [0.1, 0.15) is 26.7 Å². The van der Waals surface area contributed by atoms with Gasteiger partial charge in [0.25, 0.3) is 0 Å². The van der Waals surface area contributed by atoms with E-state index < -0.39 is 0 Å². The molecule has 0 atom stereocenters. The monoisotopic (exact) mass is 217 g/mol. The Hall–Kier alpha value is -1.84. The number of nitrogens with one attached hydrogen (secondary N) is 1. The standard InChI is InChI=1S/C12H15N3O/c1-12(2,3)10-14-15-11(16-10)13-9-7-5-4-6-8-9/h4-8H,1-3H3,(H,13,15). The molecule has 0 unspecified atom stereocenters. The van der Waals surface area contributed by atoms with Gasteiger partial charge in [-0.05, 0) is 12.1 Å². The molecule has 0 saturated carbocycles. The molecule has 1 aromatic heterocycles. The second-order valence-electron chi connectivity index (χ2n) is 4.65. The Kier molecular flexibility index (Phi) is 2.64. The number of hydrogen-bond donors (Lipinski definition) is 1. The first-order chi connectivity index (χ1) is 7.55. The van der Waals surface area contributed by atoms with Crippen molar-refractivity contribution in [1.82, 2.24) is 10.2 Å². The Bertz CT molecular complexity index is 457. The number of rotatable bonds is 2. The molecule has 1 aromatic carbocycles. The van der Waals surface area contributed by atoms with E-state index in [0.717, 1.165) is 5.69 Å². The van der Waals surface area contributed by atoms with Crippen molar-refractivity contribution in [1.29, 1.82) is 0 Å². The minimum absolute atomic E-state index is 0.121. The second kappa shape index (κ2) is 3.96. The summed E-state index contributed by atoms with van der Waals surface area (Å²) in [5.41, 5.74) is 0.815. The molecule has 0 aliphatic heterocycles. The maximum absolute atomic E-state index is 5.52.